The Hall–Kier alpha value is -1.23. The van der Waals surface area contributed by atoms with E-state index in [9.17, 15) is 0 Å². The van der Waals surface area contributed by atoms with Gasteiger partial charge in [0.25, 0.3) is 0 Å². The lowest BCUT2D eigenvalue weighted by Crippen LogP contribution is -1.98. The Morgan fingerprint density at radius 2 is 1.95 bits per heavy atom. The molecule has 6 heteroatoms. The van der Waals surface area contributed by atoms with Crippen LogP contribution in [0.2, 0.25) is 5.15 Å². The van der Waals surface area contributed by atoms with E-state index in [0.29, 0.717) is 24.2 Å². The van der Waals surface area contributed by atoms with Crippen LogP contribution in [-0.2, 0) is 17.2 Å². The van der Waals surface area contributed by atoms with E-state index in [1.807, 2.05) is 31.2 Å². The van der Waals surface area contributed by atoms with Crippen molar-refractivity contribution in [2.45, 2.75) is 19.4 Å². The summed E-state index contributed by atoms with van der Waals surface area (Å²) >= 11 is 12.3. The quantitative estimate of drug-likeness (QED) is 0.761. The van der Waals surface area contributed by atoms with Crippen molar-refractivity contribution in [3.63, 3.8) is 0 Å². The number of alkyl halides is 1. The Labute approximate surface area is 128 Å². The normalized spacial score (nSPS) is 10.8. The van der Waals surface area contributed by atoms with Gasteiger partial charge in [-0.2, -0.15) is 5.10 Å². The third-order valence-electron chi connectivity index (χ3n) is 2.81. The molecule has 2 aromatic rings. The van der Waals surface area contributed by atoms with Crippen LogP contribution in [0, 0.1) is 0 Å². The van der Waals surface area contributed by atoms with Crippen LogP contribution in [0.25, 0.3) is 5.69 Å². The van der Waals surface area contributed by atoms with E-state index in [2.05, 4.69) is 5.10 Å². The molecule has 0 atom stereocenters. The molecule has 0 fully saturated rings. The van der Waals surface area contributed by atoms with Gasteiger partial charge in [0.15, 0.2) is 0 Å². The number of hydrogen-bond acceptors (Lipinski definition) is 3. The number of rotatable bonds is 6. The van der Waals surface area contributed by atoms with Gasteiger partial charge >= 0.3 is 0 Å². The first-order valence-electron chi connectivity index (χ1n) is 6.25. The Morgan fingerprint density at radius 1 is 1.25 bits per heavy atom. The molecule has 0 radical (unpaired) electrons. The standard InChI is InChI=1S/C14H16Cl2N2O2/c1-3-20-11-6-4-10(5-7-11)18-14(16)12(8-15)13(17-18)9-19-2/h4-7H,3,8-9H2,1-2H3. The Morgan fingerprint density at radius 3 is 2.50 bits per heavy atom. The third-order valence-corrected chi connectivity index (χ3v) is 3.47. The van der Waals surface area contributed by atoms with Crippen molar-refractivity contribution >= 4 is 23.2 Å². The molecule has 0 saturated heterocycles. The van der Waals surface area contributed by atoms with Crippen LogP contribution in [0.3, 0.4) is 0 Å². The first-order chi connectivity index (χ1) is 9.71. The SMILES string of the molecule is CCOc1ccc(-n2nc(COC)c(CCl)c2Cl)cc1. The summed E-state index contributed by atoms with van der Waals surface area (Å²) < 4.78 is 12.2. The summed E-state index contributed by atoms with van der Waals surface area (Å²) in [5.41, 5.74) is 2.40. The monoisotopic (exact) mass is 314 g/mol. The average Bonchev–Trinajstić information content (AvgIpc) is 2.77. The molecule has 108 valence electrons. The molecule has 0 aliphatic rings. The van der Waals surface area contributed by atoms with E-state index in [1.165, 1.54) is 0 Å². The molecule has 0 aliphatic carbocycles. The number of aromatic nitrogens is 2. The van der Waals surface area contributed by atoms with Gasteiger partial charge in [-0.3, -0.25) is 0 Å². The van der Waals surface area contributed by atoms with Gasteiger partial charge in [0.05, 0.1) is 30.5 Å². The fraction of sp³-hybridized carbons (Fsp3) is 0.357. The maximum atomic E-state index is 6.33. The van der Waals surface area contributed by atoms with Crippen molar-refractivity contribution in [2.75, 3.05) is 13.7 Å². The first-order valence-corrected chi connectivity index (χ1v) is 7.16. The molecule has 0 unspecified atom stereocenters. The number of halogens is 2. The number of ether oxygens (including phenoxy) is 2. The fourth-order valence-electron chi connectivity index (χ4n) is 1.88. The maximum absolute atomic E-state index is 6.33. The number of benzene rings is 1. The van der Waals surface area contributed by atoms with E-state index in [0.717, 1.165) is 22.7 Å². The van der Waals surface area contributed by atoms with Gasteiger partial charge in [-0.15, -0.1) is 11.6 Å². The van der Waals surface area contributed by atoms with E-state index in [1.54, 1.807) is 11.8 Å². The number of methoxy groups -OCH3 is 1. The number of nitrogens with zero attached hydrogens (tertiary/aromatic N) is 2. The highest BCUT2D eigenvalue weighted by Gasteiger charge is 2.16. The van der Waals surface area contributed by atoms with Crippen LogP contribution in [0.4, 0.5) is 0 Å². The van der Waals surface area contributed by atoms with Gasteiger partial charge in [-0.1, -0.05) is 11.6 Å². The summed E-state index contributed by atoms with van der Waals surface area (Å²) in [7, 11) is 1.61. The molecule has 20 heavy (non-hydrogen) atoms. The lowest BCUT2D eigenvalue weighted by Gasteiger charge is -2.06. The molecule has 0 aliphatic heterocycles. The minimum absolute atomic E-state index is 0.300. The summed E-state index contributed by atoms with van der Waals surface area (Å²) in [6, 6.07) is 7.57. The van der Waals surface area contributed by atoms with E-state index >= 15 is 0 Å². The first kappa shape index (κ1) is 15.2. The second kappa shape index (κ2) is 6.97. The highest BCUT2D eigenvalue weighted by molar-refractivity contribution is 6.31. The van der Waals surface area contributed by atoms with Crippen LogP contribution in [0.5, 0.6) is 5.75 Å². The topological polar surface area (TPSA) is 36.3 Å². The van der Waals surface area contributed by atoms with Crippen LogP contribution < -0.4 is 4.74 Å². The predicted molar refractivity (Wildman–Crippen MR) is 80.0 cm³/mol. The minimum Gasteiger partial charge on any atom is -0.494 e. The largest absolute Gasteiger partial charge is 0.494 e. The fourth-order valence-corrected chi connectivity index (χ4v) is 2.54. The van der Waals surface area contributed by atoms with Crippen molar-refractivity contribution in [3.8, 4) is 11.4 Å². The van der Waals surface area contributed by atoms with Gasteiger partial charge in [0.1, 0.15) is 10.9 Å². The molecular formula is C14H16Cl2N2O2. The molecular weight excluding hydrogens is 299 g/mol. The molecule has 1 heterocycles. The molecule has 1 aromatic carbocycles. The van der Waals surface area contributed by atoms with E-state index in [-0.39, 0.29) is 0 Å². The van der Waals surface area contributed by atoms with Crippen LogP contribution in [0.15, 0.2) is 24.3 Å². The number of hydrogen-bond donors (Lipinski definition) is 0. The van der Waals surface area contributed by atoms with Gasteiger partial charge in [0.2, 0.25) is 0 Å². The zero-order valence-electron chi connectivity index (χ0n) is 11.4. The second-order valence-corrected chi connectivity index (χ2v) is 4.75. The maximum Gasteiger partial charge on any atom is 0.137 e. The molecule has 2 rings (SSSR count). The molecule has 0 amide bonds. The van der Waals surface area contributed by atoms with Crippen LogP contribution >= 0.6 is 23.2 Å². The average molecular weight is 315 g/mol. The summed E-state index contributed by atoms with van der Waals surface area (Å²) in [6.07, 6.45) is 0. The lowest BCUT2D eigenvalue weighted by atomic mass is 10.3. The van der Waals surface area contributed by atoms with Crippen molar-refractivity contribution < 1.29 is 9.47 Å². The zero-order chi connectivity index (χ0) is 14.5. The smallest absolute Gasteiger partial charge is 0.137 e. The molecule has 0 bridgehead atoms. The third kappa shape index (κ3) is 3.08. The van der Waals surface area contributed by atoms with Crippen molar-refractivity contribution in [1.82, 2.24) is 9.78 Å². The lowest BCUT2D eigenvalue weighted by molar-refractivity contribution is 0.180. The van der Waals surface area contributed by atoms with E-state index < -0.39 is 0 Å². The van der Waals surface area contributed by atoms with Crippen molar-refractivity contribution in [3.05, 3.63) is 40.7 Å². The molecule has 4 nitrogen and oxygen atoms in total. The van der Waals surface area contributed by atoms with Gasteiger partial charge in [0, 0.05) is 12.7 Å². The van der Waals surface area contributed by atoms with Gasteiger partial charge in [-0.25, -0.2) is 4.68 Å². The van der Waals surface area contributed by atoms with Crippen molar-refractivity contribution in [2.24, 2.45) is 0 Å². The van der Waals surface area contributed by atoms with E-state index in [4.69, 9.17) is 32.7 Å². The Kier molecular flexibility index (Phi) is 5.29. The summed E-state index contributed by atoms with van der Waals surface area (Å²) in [4.78, 5) is 0. The van der Waals surface area contributed by atoms with Crippen LogP contribution in [-0.4, -0.2) is 23.5 Å². The van der Waals surface area contributed by atoms with Crippen molar-refractivity contribution in [1.29, 1.82) is 0 Å². The zero-order valence-corrected chi connectivity index (χ0v) is 12.9. The predicted octanol–water partition coefficient (Wildman–Crippen LogP) is 3.81. The second-order valence-electron chi connectivity index (χ2n) is 4.12. The van der Waals surface area contributed by atoms with Gasteiger partial charge < -0.3 is 9.47 Å². The summed E-state index contributed by atoms with van der Waals surface area (Å²) in [5.74, 6) is 1.11. The Balaban J connectivity index is 2.36. The highest BCUT2D eigenvalue weighted by atomic mass is 35.5. The minimum atomic E-state index is 0.300. The summed E-state index contributed by atoms with van der Waals surface area (Å²) in [6.45, 7) is 2.96. The van der Waals surface area contributed by atoms with Crippen LogP contribution in [0.1, 0.15) is 18.2 Å². The molecule has 1 aromatic heterocycles. The molecule has 0 saturated carbocycles. The van der Waals surface area contributed by atoms with Gasteiger partial charge in [-0.05, 0) is 31.2 Å². The Bertz CT molecular complexity index is 567. The summed E-state index contributed by atoms with van der Waals surface area (Å²) in [5, 5.41) is 4.96. The molecule has 0 spiro atoms. The molecule has 0 N–H and O–H groups in total. The highest BCUT2D eigenvalue weighted by Crippen LogP contribution is 2.26.